The Balaban J connectivity index is 1.43. The first kappa shape index (κ1) is 27.1. The number of carboxylic acid groups (broad SMARTS) is 1. The number of nitrogens with zero attached hydrogens (tertiary/aromatic N) is 1. The molecule has 2 aliphatic rings. The van der Waals surface area contributed by atoms with Crippen LogP contribution in [-0.4, -0.2) is 65.9 Å². The summed E-state index contributed by atoms with van der Waals surface area (Å²) in [5.74, 6) is -2.25. The second-order valence-corrected chi connectivity index (χ2v) is 11.4. The topological polar surface area (TPSA) is 128 Å². The number of benzene rings is 1. The van der Waals surface area contributed by atoms with Gasteiger partial charge in [-0.2, -0.15) is 0 Å². The monoisotopic (exact) mass is 546 g/mol. The third-order valence-corrected chi connectivity index (χ3v) is 8.00. The number of carbonyl (C=O) groups is 4. The molecule has 3 atom stereocenters. The van der Waals surface area contributed by atoms with Crippen LogP contribution in [0.3, 0.4) is 0 Å². The molecule has 2 aromatic rings. The van der Waals surface area contributed by atoms with Gasteiger partial charge in [0.2, 0.25) is 11.8 Å². The zero-order chi connectivity index (χ0) is 26.5. The summed E-state index contributed by atoms with van der Waals surface area (Å²) in [6, 6.07) is 8.03. The van der Waals surface area contributed by atoms with Crippen molar-refractivity contribution >= 4 is 52.3 Å². The van der Waals surface area contributed by atoms with Crippen molar-refractivity contribution in [1.29, 1.82) is 0 Å². The lowest BCUT2D eigenvalue weighted by Crippen LogP contribution is -2.47. The zero-order valence-corrected chi connectivity index (χ0v) is 22.2. The highest BCUT2D eigenvalue weighted by Gasteiger charge is 2.47. The van der Waals surface area contributed by atoms with Gasteiger partial charge in [-0.3, -0.25) is 19.2 Å². The van der Waals surface area contributed by atoms with Crippen LogP contribution in [0.25, 0.3) is 0 Å². The van der Waals surface area contributed by atoms with Crippen molar-refractivity contribution in [1.82, 2.24) is 15.5 Å². The molecule has 0 spiro atoms. The molecular weight excluding hydrogens is 516 g/mol. The maximum Gasteiger partial charge on any atom is 0.303 e. The molecule has 1 fully saturated rings. The zero-order valence-electron chi connectivity index (χ0n) is 20.6. The van der Waals surface area contributed by atoms with Gasteiger partial charge in [-0.05, 0) is 68.1 Å². The van der Waals surface area contributed by atoms with E-state index in [-0.39, 0.29) is 43.0 Å². The summed E-state index contributed by atoms with van der Waals surface area (Å²) in [6.07, 6.45) is 2.64. The summed E-state index contributed by atoms with van der Waals surface area (Å²) in [7, 11) is 2.10. The van der Waals surface area contributed by atoms with Crippen LogP contribution in [0.15, 0.2) is 30.3 Å². The number of halogens is 1. The lowest BCUT2D eigenvalue weighted by atomic mass is 10.0. The van der Waals surface area contributed by atoms with Crippen molar-refractivity contribution in [2.45, 2.75) is 50.6 Å². The largest absolute Gasteiger partial charge is 0.481 e. The Bertz CT molecular complexity index is 1190. The second-order valence-electron chi connectivity index (χ2n) is 9.65. The minimum Gasteiger partial charge on any atom is -0.481 e. The van der Waals surface area contributed by atoms with E-state index in [2.05, 4.69) is 27.9 Å². The second kappa shape index (κ2) is 12.1. The van der Waals surface area contributed by atoms with E-state index in [0.717, 1.165) is 37.3 Å². The molecule has 198 valence electrons. The number of thiophene rings is 1. The highest BCUT2D eigenvalue weighted by Crippen LogP contribution is 2.35. The van der Waals surface area contributed by atoms with Crippen molar-refractivity contribution in [2.24, 2.45) is 5.92 Å². The highest BCUT2D eigenvalue weighted by atomic mass is 35.5. The molecule has 9 nitrogen and oxygen atoms in total. The van der Waals surface area contributed by atoms with E-state index >= 15 is 0 Å². The van der Waals surface area contributed by atoms with Crippen molar-refractivity contribution < 1.29 is 24.3 Å². The molecule has 37 heavy (non-hydrogen) atoms. The van der Waals surface area contributed by atoms with Gasteiger partial charge in [0.05, 0.1) is 9.21 Å². The molecule has 3 amide bonds. The van der Waals surface area contributed by atoms with Gasteiger partial charge in [0.15, 0.2) is 0 Å². The average molecular weight is 547 g/mol. The standard InChI is InChI=1S/C26H31ClN4O5S/c1-31-11-9-15-5-6-17(13-16(15)10-12-31)28-26(36)24(30-25(35)20-7-8-21(27)37-20)18-14-19(18)29-22(32)3-2-4-23(33)34/h5-8,13,18-19,24H,2-4,9-12,14H2,1H3,(H,28,36)(H,29,32)(H,30,35)(H,33,34)/t18?,19?,24-/m1/s1. The maximum absolute atomic E-state index is 13.4. The van der Waals surface area contributed by atoms with Crippen LogP contribution < -0.4 is 16.0 Å². The molecule has 1 aromatic carbocycles. The molecule has 2 unspecified atom stereocenters. The minimum atomic E-state index is -0.949. The summed E-state index contributed by atoms with van der Waals surface area (Å²) < 4.78 is 0.472. The number of rotatable bonds is 10. The number of likely N-dealkylation sites (N-methyl/N-ethyl adjacent to an activating group) is 1. The number of anilines is 1. The molecule has 1 saturated carbocycles. The van der Waals surface area contributed by atoms with Gasteiger partial charge in [-0.25, -0.2) is 0 Å². The molecule has 1 aromatic heterocycles. The summed E-state index contributed by atoms with van der Waals surface area (Å²) >= 11 is 7.10. The molecule has 1 aliphatic carbocycles. The van der Waals surface area contributed by atoms with Gasteiger partial charge >= 0.3 is 5.97 Å². The first-order chi connectivity index (χ1) is 17.7. The number of fused-ring (bicyclic) bond motifs is 1. The van der Waals surface area contributed by atoms with Gasteiger partial charge in [-0.1, -0.05) is 17.7 Å². The number of aliphatic carboxylic acids is 1. The third-order valence-electron chi connectivity index (χ3n) is 6.77. The van der Waals surface area contributed by atoms with Crippen LogP contribution in [-0.2, 0) is 27.2 Å². The maximum atomic E-state index is 13.4. The van der Waals surface area contributed by atoms with Crippen LogP contribution in [0.2, 0.25) is 4.34 Å². The fraction of sp³-hybridized carbons (Fsp3) is 0.462. The highest BCUT2D eigenvalue weighted by molar-refractivity contribution is 7.18. The molecular formula is C26H31ClN4O5S. The normalized spacial score (nSPS) is 19.7. The van der Waals surface area contributed by atoms with E-state index in [1.54, 1.807) is 12.1 Å². The number of amides is 3. The average Bonchev–Trinajstić information content (AvgIpc) is 3.50. The number of nitrogens with one attached hydrogen (secondary N) is 3. The van der Waals surface area contributed by atoms with E-state index < -0.39 is 17.9 Å². The van der Waals surface area contributed by atoms with E-state index in [1.807, 2.05) is 18.2 Å². The predicted molar refractivity (Wildman–Crippen MR) is 142 cm³/mol. The number of carbonyl (C=O) groups excluding carboxylic acids is 3. The van der Waals surface area contributed by atoms with E-state index in [0.29, 0.717) is 21.3 Å². The van der Waals surface area contributed by atoms with Crippen LogP contribution in [0, 0.1) is 5.92 Å². The Morgan fingerprint density at radius 1 is 1.11 bits per heavy atom. The van der Waals surface area contributed by atoms with Crippen molar-refractivity contribution in [3.05, 3.63) is 50.7 Å². The molecule has 1 aliphatic heterocycles. The Morgan fingerprint density at radius 3 is 2.57 bits per heavy atom. The Kier molecular flexibility index (Phi) is 8.83. The van der Waals surface area contributed by atoms with Crippen LogP contribution >= 0.6 is 22.9 Å². The SMILES string of the molecule is CN1CCc2ccc(NC(=O)[C@H](NC(=O)c3ccc(Cl)s3)C3CC3NC(=O)CCCC(=O)O)cc2CC1. The Hall–Kier alpha value is -2.95. The smallest absolute Gasteiger partial charge is 0.303 e. The van der Waals surface area contributed by atoms with Gasteiger partial charge in [-0.15, -0.1) is 11.3 Å². The predicted octanol–water partition coefficient (Wildman–Crippen LogP) is 2.93. The lowest BCUT2D eigenvalue weighted by Gasteiger charge is -2.19. The first-order valence-corrected chi connectivity index (χ1v) is 13.6. The van der Waals surface area contributed by atoms with E-state index in [9.17, 15) is 19.2 Å². The van der Waals surface area contributed by atoms with E-state index in [1.165, 1.54) is 11.1 Å². The third kappa shape index (κ3) is 7.53. The van der Waals surface area contributed by atoms with Gasteiger partial charge in [0.25, 0.3) is 5.91 Å². The number of carboxylic acids is 1. The van der Waals surface area contributed by atoms with Gasteiger partial charge < -0.3 is 26.0 Å². The molecule has 0 saturated heterocycles. The number of hydrogen-bond donors (Lipinski definition) is 4. The molecule has 2 heterocycles. The fourth-order valence-electron chi connectivity index (χ4n) is 4.58. The summed E-state index contributed by atoms with van der Waals surface area (Å²) in [5, 5.41) is 17.4. The molecule has 4 rings (SSSR count). The Labute approximate surface area is 224 Å². The molecule has 0 radical (unpaired) electrons. The van der Waals surface area contributed by atoms with Gasteiger partial charge in [0.1, 0.15) is 6.04 Å². The van der Waals surface area contributed by atoms with E-state index in [4.69, 9.17) is 16.7 Å². The van der Waals surface area contributed by atoms with Crippen LogP contribution in [0.4, 0.5) is 5.69 Å². The van der Waals surface area contributed by atoms with Crippen LogP contribution in [0.5, 0.6) is 0 Å². The number of hydrogen-bond acceptors (Lipinski definition) is 6. The molecule has 0 bridgehead atoms. The summed E-state index contributed by atoms with van der Waals surface area (Å²) in [6.45, 7) is 1.94. The Morgan fingerprint density at radius 2 is 1.86 bits per heavy atom. The summed E-state index contributed by atoms with van der Waals surface area (Å²) in [5.41, 5.74) is 3.14. The quantitative estimate of drug-likeness (QED) is 0.363. The fourth-order valence-corrected chi connectivity index (χ4v) is 5.52. The molecule has 11 heteroatoms. The van der Waals surface area contributed by atoms with Crippen molar-refractivity contribution in [3.63, 3.8) is 0 Å². The lowest BCUT2D eigenvalue weighted by molar-refractivity contribution is -0.137. The molecule has 4 N–H and O–H groups in total. The van der Waals surface area contributed by atoms with Crippen LogP contribution in [0.1, 0.15) is 46.5 Å². The van der Waals surface area contributed by atoms with Crippen molar-refractivity contribution in [2.75, 3.05) is 25.5 Å². The van der Waals surface area contributed by atoms with Crippen molar-refractivity contribution in [3.8, 4) is 0 Å². The minimum absolute atomic E-state index is 0.0803. The summed E-state index contributed by atoms with van der Waals surface area (Å²) in [4.78, 5) is 51.9. The first-order valence-electron chi connectivity index (χ1n) is 12.4. The van der Waals surface area contributed by atoms with Gasteiger partial charge in [0, 0.05) is 43.6 Å².